The largest absolute Gasteiger partial charge is 0.507 e. The Hall–Kier alpha value is -2.75. The first kappa shape index (κ1) is 11.3. The summed E-state index contributed by atoms with van der Waals surface area (Å²) in [4.78, 5) is 12.1. The Morgan fingerprint density at radius 1 is 0.842 bits per heavy atom. The van der Waals surface area contributed by atoms with Crippen LogP contribution in [0.2, 0.25) is 0 Å². The van der Waals surface area contributed by atoms with Gasteiger partial charge in [-0.2, -0.15) is 0 Å². The lowest BCUT2D eigenvalue weighted by Crippen LogP contribution is -2.17. The summed E-state index contributed by atoms with van der Waals surface area (Å²) in [6.07, 6.45) is 0. The molecule has 0 aliphatic heterocycles. The lowest BCUT2D eigenvalue weighted by atomic mass is 10.2. The van der Waals surface area contributed by atoms with Gasteiger partial charge in [0.05, 0.1) is 11.2 Å². The van der Waals surface area contributed by atoms with Crippen molar-refractivity contribution in [3.63, 3.8) is 0 Å². The van der Waals surface area contributed by atoms with E-state index in [1.807, 2.05) is 0 Å². The number of para-hydroxylation sites is 3. The van der Waals surface area contributed by atoms with E-state index >= 15 is 0 Å². The van der Waals surface area contributed by atoms with E-state index in [0.717, 1.165) is 6.07 Å². The summed E-state index contributed by atoms with van der Waals surface area (Å²) >= 11 is 0. The van der Waals surface area contributed by atoms with Crippen molar-refractivity contribution in [1.82, 2.24) is 4.57 Å². The molecule has 0 aliphatic carbocycles. The Morgan fingerprint density at radius 2 is 1.53 bits per heavy atom. The predicted octanol–water partition coefficient (Wildman–Crippen LogP) is 2.40. The molecule has 2 aromatic carbocycles. The van der Waals surface area contributed by atoms with Crippen LogP contribution in [0, 0.1) is 0 Å². The molecule has 0 spiro atoms. The molecule has 0 amide bonds. The Morgan fingerprint density at radius 3 is 2.32 bits per heavy atom. The maximum absolute atomic E-state index is 12.1. The molecule has 4 heteroatoms. The third kappa shape index (κ3) is 1.74. The van der Waals surface area contributed by atoms with E-state index in [0.29, 0.717) is 16.6 Å². The van der Waals surface area contributed by atoms with Crippen LogP contribution in [-0.2, 0) is 0 Å². The van der Waals surface area contributed by atoms with Gasteiger partial charge in [-0.25, -0.2) is 0 Å². The number of nitrogens with zero attached hydrogens (tertiary/aromatic N) is 1. The molecule has 0 fully saturated rings. The van der Waals surface area contributed by atoms with Gasteiger partial charge in [0, 0.05) is 11.5 Å². The summed E-state index contributed by atoms with van der Waals surface area (Å²) in [5.74, 6) is -0.0484. The van der Waals surface area contributed by atoms with Gasteiger partial charge in [0.15, 0.2) is 0 Å². The average Bonchev–Trinajstić information content (AvgIpc) is 2.41. The zero-order chi connectivity index (χ0) is 13.4. The summed E-state index contributed by atoms with van der Waals surface area (Å²) in [7, 11) is 0. The van der Waals surface area contributed by atoms with Crippen LogP contribution in [-0.4, -0.2) is 14.8 Å². The highest BCUT2D eigenvalue weighted by Gasteiger charge is 2.11. The number of hydrogen-bond donors (Lipinski definition) is 2. The molecule has 0 bridgehead atoms. The molecule has 4 nitrogen and oxygen atoms in total. The molecule has 0 saturated heterocycles. The maximum atomic E-state index is 12.1. The van der Waals surface area contributed by atoms with E-state index in [-0.39, 0.29) is 11.5 Å². The second kappa shape index (κ2) is 4.17. The van der Waals surface area contributed by atoms with E-state index in [2.05, 4.69) is 0 Å². The molecule has 0 atom stereocenters. The first-order chi connectivity index (χ1) is 9.18. The number of hydrogen-bond acceptors (Lipinski definition) is 3. The molecule has 19 heavy (non-hydrogen) atoms. The molecule has 1 aromatic heterocycles. The fourth-order valence-corrected chi connectivity index (χ4v) is 2.16. The van der Waals surface area contributed by atoms with Gasteiger partial charge in [-0.05, 0) is 24.3 Å². The number of fused-ring (bicyclic) bond motifs is 1. The van der Waals surface area contributed by atoms with Crippen LogP contribution in [0.25, 0.3) is 16.6 Å². The number of aromatic nitrogens is 1. The van der Waals surface area contributed by atoms with Crippen LogP contribution >= 0.6 is 0 Å². The van der Waals surface area contributed by atoms with Gasteiger partial charge in [-0.15, -0.1) is 0 Å². The third-order valence-corrected chi connectivity index (χ3v) is 3.02. The summed E-state index contributed by atoms with van der Waals surface area (Å²) < 4.78 is 1.38. The quantitative estimate of drug-likeness (QED) is 0.700. The van der Waals surface area contributed by atoms with Crippen LogP contribution in [0.1, 0.15) is 0 Å². The zero-order valence-electron chi connectivity index (χ0n) is 9.95. The molecule has 94 valence electrons. The molecule has 3 aromatic rings. The predicted molar refractivity (Wildman–Crippen MR) is 72.9 cm³/mol. The van der Waals surface area contributed by atoms with Crippen LogP contribution in [0.3, 0.4) is 0 Å². The van der Waals surface area contributed by atoms with Gasteiger partial charge >= 0.3 is 0 Å². The van der Waals surface area contributed by atoms with Gasteiger partial charge < -0.3 is 10.2 Å². The fraction of sp³-hybridized carbons (Fsp3) is 0. The highest BCUT2D eigenvalue weighted by Crippen LogP contribution is 2.27. The Balaban J connectivity index is 2.49. The van der Waals surface area contributed by atoms with Crippen molar-refractivity contribution >= 4 is 10.9 Å². The van der Waals surface area contributed by atoms with Gasteiger partial charge in [-0.3, -0.25) is 9.36 Å². The van der Waals surface area contributed by atoms with E-state index in [9.17, 15) is 15.0 Å². The minimum atomic E-state index is -0.391. The van der Waals surface area contributed by atoms with Gasteiger partial charge in [0.1, 0.15) is 11.5 Å². The second-order valence-corrected chi connectivity index (χ2v) is 4.21. The normalized spacial score (nSPS) is 10.7. The number of rotatable bonds is 1. The molecule has 0 aliphatic rings. The zero-order valence-corrected chi connectivity index (χ0v) is 9.95. The van der Waals surface area contributed by atoms with Crippen LogP contribution in [0.15, 0.2) is 59.4 Å². The molecular weight excluding hydrogens is 242 g/mol. The molecule has 2 N–H and O–H groups in total. The van der Waals surface area contributed by atoms with Crippen molar-refractivity contribution < 1.29 is 10.2 Å². The molecule has 0 saturated carbocycles. The van der Waals surface area contributed by atoms with Gasteiger partial charge in [0.25, 0.3) is 5.56 Å². The topological polar surface area (TPSA) is 62.5 Å². The van der Waals surface area contributed by atoms with E-state index in [4.69, 9.17) is 0 Å². The number of phenols is 1. The molecule has 1 heterocycles. The summed E-state index contributed by atoms with van der Waals surface area (Å²) in [5, 5.41) is 20.3. The van der Waals surface area contributed by atoms with Crippen LogP contribution in [0.5, 0.6) is 11.5 Å². The van der Waals surface area contributed by atoms with Crippen molar-refractivity contribution in [3.05, 3.63) is 65.0 Å². The van der Waals surface area contributed by atoms with Crippen molar-refractivity contribution in [2.45, 2.75) is 0 Å². The number of phenolic OH excluding ortho intramolecular Hbond substituents is 1. The Kier molecular flexibility index (Phi) is 2.49. The van der Waals surface area contributed by atoms with Crippen LogP contribution in [0.4, 0.5) is 0 Å². The SMILES string of the molecule is O=c1cc(O)c2ccccc2n1-c1ccccc1O. The molecule has 3 rings (SSSR count). The highest BCUT2D eigenvalue weighted by atomic mass is 16.3. The minimum Gasteiger partial charge on any atom is -0.507 e. The monoisotopic (exact) mass is 253 g/mol. The summed E-state index contributed by atoms with van der Waals surface area (Å²) in [6, 6.07) is 14.7. The standard InChI is InChI=1S/C15H11NO3/c17-13-8-4-3-7-12(13)16-11-6-2-1-5-10(11)14(18)9-15(16)19/h1-9,17-18H. The highest BCUT2D eigenvalue weighted by molar-refractivity contribution is 5.86. The number of benzene rings is 2. The Bertz CT molecular complexity index is 821. The smallest absolute Gasteiger partial charge is 0.259 e. The van der Waals surface area contributed by atoms with Crippen molar-refractivity contribution in [1.29, 1.82) is 0 Å². The summed E-state index contributed by atoms with van der Waals surface area (Å²) in [5.41, 5.74) is 0.551. The van der Waals surface area contributed by atoms with Crippen molar-refractivity contribution in [2.24, 2.45) is 0 Å². The molecule has 0 radical (unpaired) electrons. The Labute approximate surface area is 108 Å². The molecular formula is C15H11NO3. The average molecular weight is 253 g/mol. The van der Waals surface area contributed by atoms with E-state index < -0.39 is 5.56 Å². The number of pyridine rings is 1. The lowest BCUT2D eigenvalue weighted by molar-refractivity contribution is 0.470. The van der Waals surface area contributed by atoms with Crippen LogP contribution < -0.4 is 5.56 Å². The van der Waals surface area contributed by atoms with Gasteiger partial charge in [0.2, 0.25) is 0 Å². The first-order valence-corrected chi connectivity index (χ1v) is 5.80. The minimum absolute atomic E-state index is 0.0143. The van der Waals surface area contributed by atoms with Crippen molar-refractivity contribution in [3.8, 4) is 17.2 Å². The van der Waals surface area contributed by atoms with E-state index in [1.54, 1.807) is 42.5 Å². The summed E-state index contributed by atoms with van der Waals surface area (Å²) in [6.45, 7) is 0. The van der Waals surface area contributed by atoms with Crippen molar-refractivity contribution in [2.75, 3.05) is 0 Å². The van der Waals surface area contributed by atoms with Gasteiger partial charge in [-0.1, -0.05) is 24.3 Å². The number of aromatic hydroxyl groups is 2. The fourth-order valence-electron chi connectivity index (χ4n) is 2.16. The van der Waals surface area contributed by atoms with E-state index in [1.165, 1.54) is 10.6 Å². The third-order valence-electron chi connectivity index (χ3n) is 3.02. The maximum Gasteiger partial charge on any atom is 0.259 e. The second-order valence-electron chi connectivity index (χ2n) is 4.21. The first-order valence-electron chi connectivity index (χ1n) is 5.80. The molecule has 0 unspecified atom stereocenters. The lowest BCUT2D eigenvalue weighted by Gasteiger charge is -2.12.